The van der Waals surface area contributed by atoms with Crippen molar-refractivity contribution in [2.45, 2.75) is 43.4 Å². The van der Waals surface area contributed by atoms with Crippen LogP contribution in [0.1, 0.15) is 35.4 Å². The normalized spacial score (nSPS) is 23.4. The average Bonchev–Trinajstić information content (AvgIpc) is 3.69. The molecule has 1 aromatic carbocycles. The summed E-state index contributed by atoms with van der Waals surface area (Å²) in [5.74, 6) is 0.784. The van der Waals surface area contributed by atoms with Gasteiger partial charge in [-0.05, 0) is 47.9 Å². The second-order valence-electron chi connectivity index (χ2n) is 10.6. The summed E-state index contributed by atoms with van der Waals surface area (Å²) in [5, 5.41) is 16.4. The molecule has 4 atom stereocenters. The van der Waals surface area contributed by atoms with E-state index < -0.39 is 11.6 Å². The van der Waals surface area contributed by atoms with Crippen LogP contribution < -0.4 is 4.74 Å². The standard InChI is InChI=1S/C28H32Cl2NO4S2/c1-31(2,12-5-13-34-19-9-11-21(29)22(30)17-19)23-16-18-8-10-20(23)26(18)35-27(32)28(33,24-6-3-14-36-24)25-7-4-15-37-25/h3-4,6-7,9,11,14-15,17-18,20,23,26,33H,5,8,10,12-13,16H2,1-2H3/q+1/t18?,20?,23-,26?/m0/s1. The number of ether oxygens (including phenoxy) is 2. The van der Waals surface area contributed by atoms with Crippen molar-refractivity contribution in [3.8, 4) is 5.75 Å². The first-order chi connectivity index (χ1) is 17.7. The molecule has 0 aliphatic heterocycles. The fraction of sp³-hybridized carbons (Fsp3) is 0.464. The summed E-state index contributed by atoms with van der Waals surface area (Å²) in [5.41, 5.74) is -1.76. The third-order valence-corrected chi connectivity index (χ3v) is 10.7. The summed E-state index contributed by atoms with van der Waals surface area (Å²) in [4.78, 5) is 14.8. The molecule has 2 aliphatic carbocycles. The zero-order chi connectivity index (χ0) is 26.2. The lowest BCUT2D eigenvalue weighted by atomic mass is 9.92. The first kappa shape index (κ1) is 27.0. The molecule has 9 heteroatoms. The fourth-order valence-electron chi connectivity index (χ4n) is 6.12. The number of fused-ring (bicyclic) bond motifs is 2. The van der Waals surface area contributed by atoms with Gasteiger partial charge in [-0.25, -0.2) is 4.79 Å². The lowest BCUT2D eigenvalue weighted by Crippen LogP contribution is -2.53. The van der Waals surface area contributed by atoms with E-state index in [0.29, 0.717) is 38.4 Å². The van der Waals surface area contributed by atoms with Crippen molar-refractivity contribution >= 4 is 51.8 Å². The molecule has 37 heavy (non-hydrogen) atoms. The van der Waals surface area contributed by atoms with Gasteiger partial charge in [0.05, 0.1) is 53.1 Å². The molecule has 3 unspecified atom stereocenters. The van der Waals surface area contributed by atoms with Crippen molar-refractivity contribution in [2.75, 3.05) is 27.2 Å². The lowest BCUT2D eigenvalue weighted by molar-refractivity contribution is -0.918. The van der Waals surface area contributed by atoms with Crippen molar-refractivity contribution in [3.05, 3.63) is 73.0 Å². The van der Waals surface area contributed by atoms with Gasteiger partial charge in [-0.2, -0.15) is 0 Å². The zero-order valence-corrected chi connectivity index (χ0v) is 24.1. The van der Waals surface area contributed by atoms with Crippen LogP contribution in [0.5, 0.6) is 5.75 Å². The van der Waals surface area contributed by atoms with Crippen LogP contribution in [-0.2, 0) is 15.1 Å². The van der Waals surface area contributed by atoms with E-state index in [1.165, 1.54) is 22.7 Å². The predicted octanol–water partition coefficient (Wildman–Crippen LogP) is 6.61. The second-order valence-corrected chi connectivity index (χ2v) is 13.3. The minimum absolute atomic E-state index is 0.159. The number of esters is 1. The molecule has 0 amide bonds. The first-order valence-electron chi connectivity index (χ1n) is 12.6. The summed E-state index contributed by atoms with van der Waals surface area (Å²) in [6.07, 6.45) is 3.87. The van der Waals surface area contributed by atoms with Crippen molar-refractivity contribution in [1.82, 2.24) is 0 Å². The van der Waals surface area contributed by atoms with Crippen LogP contribution in [0.2, 0.25) is 10.0 Å². The summed E-state index contributed by atoms with van der Waals surface area (Å²) < 4.78 is 13.0. The number of hydrogen-bond acceptors (Lipinski definition) is 6. The SMILES string of the molecule is C[N+](C)(CCCOc1ccc(Cl)c(Cl)c1)[C@H]1CC2CCC1C2OC(=O)C(O)(c1cccs1)c1cccs1. The van der Waals surface area contributed by atoms with Gasteiger partial charge in [0, 0.05) is 30.7 Å². The van der Waals surface area contributed by atoms with E-state index in [2.05, 4.69) is 14.1 Å². The molecule has 2 aromatic heterocycles. The van der Waals surface area contributed by atoms with Crippen LogP contribution in [0, 0.1) is 11.8 Å². The van der Waals surface area contributed by atoms with Crippen LogP contribution in [0.15, 0.2) is 53.2 Å². The Bertz CT molecular complexity index is 1180. The van der Waals surface area contributed by atoms with Crippen LogP contribution >= 0.6 is 45.9 Å². The number of rotatable bonds is 10. The Morgan fingerprint density at radius 2 is 1.78 bits per heavy atom. The third kappa shape index (κ3) is 5.32. The molecule has 5 rings (SSSR count). The van der Waals surface area contributed by atoms with Gasteiger partial charge in [0.15, 0.2) is 0 Å². The maximum atomic E-state index is 13.6. The van der Waals surface area contributed by atoms with Gasteiger partial charge in [0.25, 0.3) is 0 Å². The third-order valence-electron chi connectivity index (χ3n) is 8.03. The van der Waals surface area contributed by atoms with Crippen LogP contribution in [0.3, 0.4) is 0 Å². The fourth-order valence-corrected chi connectivity index (χ4v) is 8.12. The molecule has 2 heterocycles. The molecular weight excluding hydrogens is 549 g/mol. The number of quaternary nitrogens is 1. The average molecular weight is 582 g/mol. The Morgan fingerprint density at radius 1 is 1.08 bits per heavy atom. The molecule has 3 aromatic rings. The Morgan fingerprint density at radius 3 is 2.41 bits per heavy atom. The minimum Gasteiger partial charge on any atom is -0.493 e. The lowest BCUT2D eigenvalue weighted by Gasteiger charge is -2.40. The Balaban J connectivity index is 1.22. The summed E-state index contributed by atoms with van der Waals surface area (Å²) >= 11 is 14.8. The van der Waals surface area contributed by atoms with E-state index in [1.54, 1.807) is 24.3 Å². The Labute approximate surface area is 236 Å². The number of nitrogens with zero attached hydrogens (tertiary/aromatic N) is 1. The highest BCUT2D eigenvalue weighted by atomic mass is 35.5. The smallest absolute Gasteiger partial charge is 0.349 e. The van der Waals surface area contributed by atoms with Gasteiger partial charge in [-0.1, -0.05) is 35.3 Å². The van der Waals surface area contributed by atoms with Gasteiger partial charge in [0.1, 0.15) is 11.9 Å². The van der Waals surface area contributed by atoms with E-state index in [4.69, 9.17) is 32.7 Å². The molecule has 2 fully saturated rings. The summed E-state index contributed by atoms with van der Waals surface area (Å²) in [6, 6.07) is 13.0. The molecule has 2 aliphatic rings. The molecule has 0 saturated heterocycles. The van der Waals surface area contributed by atoms with Gasteiger partial charge >= 0.3 is 5.97 Å². The number of benzene rings is 1. The van der Waals surface area contributed by atoms with Crippen molar-refractivity contribution in [2.24, 2.45) is 11.8 Å². The summed E-state index contributed by atoms with van der Waals surface area (Å²) in [6.45, 7) is 1.54. The van der Waals surface area contributed by atoms with E-state index in [9.17, 15) is 9.90 Å². The second kappa shape index (κ2) is 10.9. The molecule has 198 valence electrons. The van der Waals surface area contributed by atoms with Crippen molar-refractivity contribution in [1.29, 1.82) is 0 Å². The van der Waals surface area contributed by atoms with E-state index >= 15 is 0 Å². The molecule has 0 radical (unpaired) electrons. The van der Waals surface area contributed by atoms with Crippen LogP contribution in [0.4, 0.5) is 0 Å². The molecular formula is C28H32Cl2NO4S2+. The maximum Gasteiger partial charge on any atom is 0.349 e. The highest BCUT2D eigenvalue weighted by Gasteiger charge is 2.57. The highest BCUT2D eigenvalue weighted by Crippen LogP contribution is 2.51. The zero-order valence-electron chi connectivity index (χ0n) is 20.9. The minimum atomic E-state index is -1.76. The maximum absolute atomic E-state index is 13.6. The van der Waals surface area contributed by atoms with Gasteiger partial charge < -0.3 is 19.1 Å². The Hall–Kier alpha value is -1.61. The number of halogens is 2. The number of carbonyl (C=O) groups is 1. The predicted molar refractivity (Wildman–Crippen MR) is 150 cm³/mol. The summed E-state index contributed by atoms with van der Waals surface area (Å²) in [7, 11) is 4.52. The largest absolute Gasteiger partial charge is 0.493 e. The molecule has 2 saturated carbocycles. The molecule has 1 N–H and O–H groups in total. The number of thiophene rings is 2. The molecule has 2 bridgehead atoms. The number of hydrogen-bond donors (Lipinski definition) is 1. The van der Waals surface area contributed by atoms with Crippen molar-refractivity contribution < 1.29 is 23.9 Å². The molecule has 0 spiro atoms. The number of carbonyl (C=O) groups excluding carboxylic acids is 1. The van der Waals surface area contributed by atoms with Crippen LogP contribution in [-0.4, -0.2) is 55.0 Å². The van der Waals surface area contributed by atoms with E-state index in [1.807, 2.05) is 29.0 Å². The topological polar surface area (TPSA) is 55.8 Å². The molecule has 5 nitrogen and oxygen atoms in total. The van der Waals surface area contributed by atoms with Gasteiger partial charge in [-0.15, -0.1) is 22.7 Å². The van der Waals surface area contributed by atoms with Gasteiger partial charge in [0.2, 0.25) is 5.60 Å². The van der Waals surface area contributed by atoms with Crippen LogP contribution in [0.25, 0.3) is 0 Å². The quantitative estimate of drug-likeness (QED) is 0.166. The Kier molecular flexibility index (Phi) is 7.93. The monoisotopic (exact) mass is 580 g/mol. The first-order valence-corrected chi connectivity index (χ1v) is 15.1. The highest BCUT2D eigenvalue weighted by molar-refractivity contribution is 7.12. The van der Waals surface area contributed by atoms with E-state index in [-0.39, 0.29) is 12.0 Å². The number of aliphatic hydroxyl groups is 1. The van der Waals surface area contributed by atoms with E-state index in [0.717, 1.165) is 42.5 Å². The van der Waals surface area contributed by atoms with Gasteiger partial charge in [-0.3, -0.25) is 0 Å². The van der Waals surface area contributed by atoms with Crippen molar-refractivity contribution in [3.63, 3.8) is 0 Å².